The Bertz CT molecular complexity index is 849. The van der Waals surface area contributed by atoms with Gasteiger partial charge in [0.1, 0.15) is 12.3 Å². The molecule has 1 atom stereocenters. The molecule has 0 unspecified atom stereocenters. The maximum Gasteiger partial charge on any atom is 0.325 e. The van der Waals surface area contributed by atoms with Crippen molar-refractivity contribution < 1.29 is 23.9 Å². The highest BCUT2D eigenvalue weighted by atomic mass is 16.5. The predicted octanol–water partition coefficient (Wildman–Crippen LogP) is 2.41. The monoisotopic (exact) mass is 398 g/mol. The van der Waals surface area contributed by atoms with Crippen LogP contribution in [0, 0.1) is 0 Å². The number of amides is 2. The second kappa shape index (κ2) is 10.8. The third-order valence-corrected chi connectivity index (χ3v) is 4.37. The molecule has 0 bridgehead atoms. The van der Waals surface area contributed by atoms with Crippen LogP contribution in [0.15, 0.2) is 48.5 Å². The number of methoxy groups -OCH3 is 1. The van der Waals surface area contributed by atoms with Crippen molar-refractivity contribution in [2.45, 2.75) is 26.3 Å². The maximum absolute atomic E-state index is 12.1. The van der Waals surface area contributed by atoms with Crippen LogP contribution >= 0.6 is 0 Å². The Hall–Kier alpha value is -3.35. The lowest BCUT2D eigenvalue weighted by molar-refractivity contribution is -0.147. The van der Waals surface area contributed by atoms with Crippen LogP contribution in [-0.4, -0.2) is 38.0 Å². The number of esters is 1. The molecule has 2 aromatic rings. The zero-order valence-electron chi connectivity index (χ0n) is 16.9. The summed E-state index contributed by atoms with van der Waals surface area (Å²) < 4.78 is 10.0. The number of hydrogen-bond donors (Lipinski definition) is 2. The van der Waals surface area contributed by atoms with Gasteiger partial charge in [0.2, 0.25) is 0 Å². The lowest BCUT2D eigenvalue weighted by atomic mass is 10.1. The minimum atomic E-state index is -0.705. The van der Waals surface area contributed by atoms with Gasteiger partial charge < -0.3 is 20.1 Å². The fourth-order valence-corrected chi connectivity index (χ4v) is 2.69. The summed E-state index contributed by atoms with van der Waals surface area (Å²) >= 11 is 0. The summed E-state index contributed by atoms with van der Waals surface area (Å²) in [6.07, 6.45) is 0.949. The number of carbonyl (C=O) groups is 3. The Morgan fingerprint density at radius 2 is 1.72 bits per heavy atom. The lowest BCUT2D eigenvalue weighted by Gasteiger charge is -2.15. The molecule has 2 rings (SSSR count). The number of rotatable bonds is 9. The molecule has 154 valence electrons. The average Bonchev–Trinajstić information content (AvgIpc) is 2.75. The van der Waals surface area contributed by atoms with Crippen molar-refractivity contribution in [1.29, 1.82) is 0 Å². The van der Waals surface area contributed by atoms with Crippen LogP contribution in [0.5, 0.6) is 5.75 Å². The molecule has 0 spiro atoms. The van der Waals surface area contributed by atoms with E-state index >= 15 is 0 Å². The van der Waals surface area contributed by atoms with Crippen molar-refractivity contribution in [2.24, 2.45) is 0 Å². The Morgan fingerprint density at radius 1 is 1.03 bits per heavy atom. The van der Waals surface area contributed by atoms with E-state index in [2.05, 4.69) is 17.6 Å². The molecule has 0 heterocycles. The van der Waals surface area contributed by atoms with Gasteiger partial charge in [0.05, 0.1) is 18.7 Å². The Labute approximate surface area is 170 Å². The molecule has 2 aromatic carbocycles. The van der Waals surface area contributed by atoms with E-state index in [1.54, 1.807) is 24.3 Å². The van der Waals surface area contributed by atoms with Crippen LogP contribution in [0.4, 0.5) is 0 Å². The Balaban J connectivity index is 1.75. The van der Waals surface area contributed by atoms with Crippen LogP contribution in [0.25, 0.3) is 0 Å². The molecule has 0 saturated carbocycles. The number of hydrogen-bond acceptors (Lipinski definition) is 5. The SMILES string of the molecule is CCc1ccc([C@@H](C)NC(=O)COC(=O)CNC(=O)c2ccccc2OC)cc1. The molecule has 2 amide bonds. The van der Waals surface area contributed by atoms with Crippen molar-refractivity contribution in [1.82, 2.24) is 10.6 Å². The van der Waals surface area contributed by atoms with Crippen molar-refractivity contribution in [2.75, 3.05) is 20.3 Å². The van der Waals surface area contributed by atoms with Gasteiger partial charge in [0.25, 0.3) is 11.8 Å². The third-order valence-electron chi connectivity index (χ3n) is 4.37. The van der Waals surface area contributed by atoms with Gasteiger partial charge in [0.15, 0.2) is 6.61 Å². The van der Waals surface area contributed by atoms with E-state index in [1.807, 2.05) is 31.2 Å². The first-order valence-electron chi connectivity index (χ1n) is 9.39. The Morgan fingerprint density at radius 3 is 2.38 bits per heavy atom. The minimum absolute atomic E-state index is 0.211. The Kier molecular flexibility index (Phi) is 8.21. The summed E-state index contributed by atoms with van der Waals surface area (Å²) in [7, 11) is 1.46. The van der Waals surface area contributed by atoms with Gasteiger partial charge in [-0.2, -0.15) is 0 Å². The second-order valence-electron chi connectivity index (χ2n) is 6.43. The van der Waals surface area contributed by atoms with E-state index in [0.29, 0.717) is 11.3 Å². The van der Waals surface area contributed by atoms with Gasteiger partial charge in [-0.15, -0.1) is 0 Å². The summed E-state index contributed by atoms with van der Waals surface area (Å²) in [5.41, 5.74) is 2.49. The molecule has 7 heteroatoms. The van der Waals surface area contributed by atoms with Crippen LogP contribution in [0.1, 0.15) is 41.4 Å². The van der Waals surface area contributed by atoms with Gasteiger partial charge in [-0.05, 0) is 36.6 Å². The molecule has 29 heavy (non-hydrogen) atoms. The molecule has 7 nitrogen and oxygen atoms in total. The molecule has 0 aliphatic carbocycles. The quantitative estimate of drug-likeness (QED) is 0.633. The fourth-order valence-electron chi connectivity index (χ4n) is 2.69. The topological polar surface area (TPSA) is 93.7 Å². The van der Waals surface area contributed by atoms with Crippen molar-refractivity contribution >= 4 is 17.8 Å². The number of nitrogens with one attached hydrogen (secondary N) is 2. The zero-order chi connectivity index (χ0) is 21.2. The maximum atomic E-state index is 12.1. The highest BCUT2D eigenvalue weighted by molar-refractivity contribution is 5.98. The van der Waals surface area contributed by atoms with Crippen molar-refractivity contribution in [3.63, 3.8) is 0 Å². The first-order chi connectivity index (χ1) is 13.9. The van der Waals surface area contributed by atoms with E-state index in [-0.39, 0.29) is 12.6 Å². The van der Waals surface area contributed by atoms with Gasteiger partial charge in [-0.25, -0.2) is 0 Å². The van der Waals surface area contributed by atoms with Gasteiger partial charge in [-0.1, -0.05) is 43.3 Å². The number of ether oxygens (including phenoxy) is 2. The summed E-state index contributed by atoms with van der Waals surface area (Å²) in [5, 5.41) is 5.22. The molecule has 0 aliphatic heterocycles. The highest BCUT2D eigenvalue weighted by Crippen LogP contribution is 2.16. The number of para-hydroxylation sites is 1. The second-order valence-corrected chi connectivity index (χ2v) is 6.43. The summed E-state index contributed by atoms with van der Waals surface area (Å²) in [5.74, 6) is -1.18. The molecule has 0 aromatic heterocycles. The lowest BCUT2D eigenvalue weighted by Crippen LogP contribution is -2.34. The molecule has 0 aliphatic rings. The first kappa shape index (κ1) is 21.9. The number of carbonyl (C=O) groups excluding carboxylic acids is 3. The zero-order valence-corrected chi connectivity index (χ0v) is 16.9. The molecular formula is C22H26N2O5. The predicted molar refractivity (Wildman–Crippen MR) is 109 cm³/mol. The largest absolute Gasteiger partial charge is 0.496 e. The van der Waals surface area contributed by atoms with Gasteiger partial charge >= 0.3 is 5.97 Å². The van der Waals surface area contributed by atoms with Crippen LogP contribution in [0.2, 0.25) is 0 Å². The standard InChI is InChI=1S/C22H26N2O5/c1-4-16-9-11-17(12-10-16)15(2)24-20(25)14-29-21(26)13-23-22(27)18-7-5-6-8-19(18)28-3/h5-12,15H,4,13-14H2,1-3H3,(H,23,27)(H,24,25)/t15-/m1/s1. The van der Waals surface area contributed by atoms with Crippen LogP contribution in [-0.2, 0) is 20.7 Å². The van der Waals surface area contributed by atoms with E-state index < -0.39 is 24.4 Å². The van der Waals surface area contributed by atoms with E-state index in [9.17, 15) is 14.4 Å². The van der Waals surface area contributed by atoms with Crippen molar-refractivity contribution in [3.05, 3.63) is 65.2 Å². The summed E-state index contributed by atoms with van der Waals surface area (Å²) in [6, 6.07) is 14.4. The van der Waals surface area contributed by atoms with Gasteiger partial charge in [0, 0.05) is 0 Å². The third kappa shape index (κ3) is 6.64. The molecule has 0 fully saturated rings. The average molecular weight is 398 g/mol. The normalized spacial score (nSPS) is 11.3. The summed E-state index contributed by atoms with van der Waals surface area (Å²) in [4.78, 5) is 36.0. The van der Waals surface area contributed by atoms with E-state index in [4.69, 9.17) is 9.47 Å². The highest BCUT2D eigenvalue weighted by Gasteiger charge is 2.15. The molecule has 0 saturated heterocycles. The van der Waals surface area contributed by atoms with Crippen LogP contribution in [0.3, 0.4) is 0 Å². The van der Waals surface area contributed by atoms with E-state index in [1.165, 1.54) is 12.7 Å². The summed E-state index contributed by atoms with van der Waals surface area (Å²) in [6.45, 7) is 3.17. The number of benzene rings is 2. The smallest absolute Gasteiger partial charge is 0.325 e. The van der Waals surface area contributed by atoms with Crippen molar-refractivity contribution in [3.8, 4) is 5.75 Å². The van der Waals surface area contributed by atoms with Crippen LogP contribution < -0.4 is 15.4 Å². The van der Waals surface area contributed by atoms with E-state index in [0.717, 1.165) is 12.0 Å². The molecule has 0 radical (unpaired) electrons. The minimum Gasteiger partial charge on any atom is -0.496 e. The fraction of sp³-hybridized carbons (Fsp3) is 0.318. The molecule has 2 N–H and O–H groups in total. The first-order valence-corrected chi connectivity index (χ1v) is 9.39. The van der Waals surface area contributed by atoms with Gasteiger partial charge in [-0.3, -0.25) is 14.4 Å². The number of aryl methyl sites for hydroxylation is 1. The molecular weight excluding hydrogens is 372 g/mol.